The number of hydrogen-bond acceptors (Lipinski definition) is 6. The summed E-state index contributed by atoms with van der Waals surface area (Å²) in [5, 5.41) is 14.7. The Kier molecular flexibility index (Phi) is 3.82. The molecule has 138 valence electrons. The lowest BCUT2D eigenvalue weighted by Gasteiger charge is -2.35. The van der Waals surface area contributed by atoms with Gasteiger partial charge in [-0.15, -0.1) is 0 Å². The Morgan fingerprint density at radius 2 is 2.00 bits per heavy atom. The molecule has 3 aliphatic rings. The highest BCUT2D eigenvalue weighted by Crippen LogP contribution is 2.35. The molecule has 0 spiro atoms. The highest BCUT2D eigenvalue weighted by Gasteiger charge is 2.39. The molecule has 8 heteroatoms. The zero-order valence-electron chi connectivity index (χ0n) is 14.5. The summed E-state index contributed by atoms with van der Waals surface area (Å²) in [5.74, 6) is -0.244. The van der Waals surface area contributed by atoms with Gasteiger partial charge in [0.15, 0.2) is 11.9 Å². The first-order valence-corrected chi connectivity index (χ1v) is 9.31. The maximum absolute atomic E-state index is 11.9. The number of hydrogen-bond donors (Lipinski definition) is 1. The molecule has 5 heterocycles. The third-order valence-corrected chi connectivity index (χ3v) is 5.72. The van der Waals surface area contributed by atoms with E-state index in [9.17, 15) is 9.90 Å². The first-order chi connectivity index (χ1) is 12.7. The Morgan fingerprint density at radius 1 is 1.19 bits per heavy atom. The van der Waals surface area contributed by atoms with Crippen LogP contribution in [0.15, 0.2) is 12.3 Å². The van der Waals surface area contributed by atoms with Crippen LogP contribution in [0.4, 0.5) is 5.82 Å². The fourth-order valence-electron chi connectivity index (χ4n) is 4.44. The summed E-state index contributed by atoms with van der Waals surface area (Å²) in [5.41, 5.74) is 0.843. The number of carbonyl (C=O) groups is 1. The Morgan fingerprint density at radius 3 is 2.69 bits per heavy atom. The van der Waals surface area contributed by atoms with Gasteiger partial charge >= 0.3 is 5.97 Å². The van der Waals surface area contributed by atoms with Crippen molar-refractivity contribution < 1.29 is 19.4 Å². The van der Waals surface area contributed by atoms with E-state index in [2.05, 4.69) is 10.00 Å². The van der Waals surface area contributed by atoms with Crippen molar-refractivity contribution >= 4 is 22.8 Å². The van der Waals surface area contributed by atoms with E-state index >= 15 is 0 Å². The Labute approximate surface area is 150 Å². The Hall–Kier alpha value is -2.19. The standard InChI is InChI=1S/C18H22N4O4/c23-18(24)13-7-15(21-11-4-5-12(21)10-25-9-11)20-17-14(13)8-19-22(17)16-3-1-2-6-26-16/h7-8,11-12,16H,1-6,9-10H2,(H,23,24). The van der Waals surface area contributed by atoms with Crippen molar-refractivity contribution in [1.29, 1.82) is 0 Å². The lowest BCUT2D eigenvalue weighted by molar-refractivity contribution is -0.0370. The van der Waals surface area contributed by atoms with Crippen LogP contribution < -0.4 is 4.90 Å². The summed E-state index contributed by atoms with van der Waals surface area (Å²) in [6.07, 6.45) is 6.52. The molecule has 0 saturated carbocycles. The van der Waals surface area contributed by atoms with E-state index < -0.39 is 5.97 Å². The van der Waals surface area contributed by atoms with E-state index in [0.29, 0.717) is 36.7 Å². The minimum absolute atomic E-state index is 0.174. The van der Waals surface area contributed by atoms with Crippen LogP contribution in [0.2, 0.25) is 0 Å². The molecular formula is C18H22N4O4. The van der Waals surface area contributed by atoms with Gasteiger partial charge in [0.05, 0.1) is 42.4 Å². The first-order valence-electron chi connectivity index (χ1n) is 9.31. The number of morpholine rings is 1. The minimum Gasteiger partial charge on any atom is -0.478 e. The van der Waals surface area contributed by atoms with E-state index in [0.717, 1.165) is 32.1 Å². The number of carboxylic acid groups (broad SMARTS) is 1. The van der Waals surface area contributed by atoms with Gasteiger partial charge in [-0.1, -0.05) is 0 Å². The SMILES string of the molecule is O=C(O)c1cc(N2C3CCC2COC3)nc2c1cnn2C1CCCCO1. The molecule has 0 aromatic carbocycles. The van der Waals surface area contributed by atoms with Crippen molar-refractivity contribution in [3.05, 3.63) is 17.8 Å². The molecule has 2 aromatic heterocycles. The van der Waals surface area contributed by atoms with Crippen LogP contribution in [-0.2, 0) is 9.47 Å². The summed E-state index contributed by atoms with van der Waals surface area (Å²) in [7, 11) is 0. The summed E-state index contributed by atoms with van der Waals surface area (Å²) in [4.78, 5) is 19.0. The van der Waals surface area contributed by atoms with Crippen molar-refractivity contribution in [2.75, 3.05) is 24.7 Å². The smallest absolute Gasteiger partial charge is 0.336 e. The van der Waals surface area contributed by atoms with E-state index in [1.54, 1.807) is 16.9 Å². The zero-order valence-corrected chi connectivity index (χ0v) is 14.5. The molecule has 3 atom stereocenters. The first kappa shape index (κ1) is 16.0. The van der Waals surface area contributed by atoms with Crippen molar-refractivity contribution in [1.82, 2.24) is 14.8 Å². The fraction of sp³-hybridized carbons (Fsp3) is 0.611. The van der Waals surface area contributed by atoms with Crippen molar-refractivity contribution in [3.63, 3.8) is 0 Å². The van der Waals surface area contributed by atoms with Gasteiger partial charge in [0.1, 0.15) is 5.82 Å². The molecule has 2 bridgehead atoms. The number of rotatable bonds is 3. The summed E-state index contributed by atoms with van der Waals surface area (Å²) in [6.45, 7) is 2.04. The number of pyridine rings is 1. The Balaban J connectivity index is 1.63. The van der Waals surface area contributed by atoms with Crippen molar-refractivity contribution in [2.24, 2.45) is 0 Å². The number of carboxylic acids is 1. The second-order valence-electron chi connectivity index (χ2n) is 7.31. The van der Waals surface area contributed by atoms with Crippen LogP contribution >= 0.6 is 0 Å². The van der Waals surface area contributed by atoms with Gasteiger partial charge in [-0.2, -0.15) is 5.10 Å². The molecule has 0 amide bonds. The Bertz CT molecular complexity index is 829. The van der Waals surface area contributed by atoms with Crippen molar-refractivity contribution in [2.45, 2.75) is 50.4 Å². The van der Waals surface area contributed by atoms with Gasteiger partial charge in [0.25, 0.3) is 0 Å². The lowest BCUT2D eigenvalue weighted by Crippen LogP contribution is -2.46. The molecule has 5 rings (SSSR count). The van der Waals surface area contributed by atoms with E-state index in [1.807, 2.05) is 0 Å². The van der Waals surface area contributed by atoms with Gasteiger partial charge in [-0.3, -0.25) is 0 Å². The predicted molar refractivity (Wildman–Crippen MR) is 93.4 cm³/mol. The lowest BCUT2D eigenvalue weighted by atomic mass is 10.1. The molecule has 3 unspecified atom stereocenters. The van der Waals surface area contributed by atoms with E-state index in [4.69, 9.17) is 14.5 Å². The molecule has 3 saturated heterocycles. The van der Waals surface area contributed by atoms with E-state index in [-0.39, 0.29) is 23.9 Å². The van der Waals surface area contributed by atoms with Crippen LogP contribution in [0.25, 0.3) is 11.0 Å². The monoisotopic (exact) mass is 358 g/mol. The third-order valence-electron chi connectivity index (χ3n) is 5.72. The summed E-state index contributed by atoms with van der Waals surface area (Å²) >= 11 is 0. The van der Waals surface area contributed by atoms with Gasteiger partial charge in [0.2, 0.25) is 0 Å². The normalized spacial score (nSPS) is 28.6. The zero-order chi connectivity index (χ0) is 17.7. The average Bonchev–Trinajstić information content (AvgIpc) is 3.19. The topological polar surface area (TPSA) is 89.7 Å². The van der Waals surface area contributed by atoms with Crippen LogP contribution in [0, 0.1) is 0 Å². The second-order valence-corrected chi connectivity index (χ2v) is 7.31. The predicted octanol–water partition coefficient (Wildman–Crippen LogP) is 2.20. The molecule has 26 heavy (non-hydrogen) atoms. The maximum Gasteiger partial charge on any atom is 0.336 e. The van der Waals surface area contributed by atoms with Crippen LogP contribution in [0.5, 0.6) is 0 Å². The molecular weight excluding hydrogens is 336 g/mol. The van der Waals surface area contributed by atoms with Gasteiger partial charge in [-0.05, 0) is 38.2 Å². The molecule has 3 aliphatic heterocycles. The third kappa shape index (κ3) is 2.47. The maximum atomic E-state index is 11.9. The van der Waals surface area contributed by atoms with Gasteiger partial charge in [-0.25, -0.2) is 14.5 Å². The minimum atomic E-state index is -0.955. The van der Waals surface area contributed by atoms with Gasteiger partial charge in [0, 0.05) is 6.61 Å². The van der Waals surface area contributed by atoms with Crippen LogP contribution in [0.1, 0.15) is 48.7 Å². The highest BCUT2D eigenvalue weighted by atomic mass is 16.5. The highest BCUT2D eigenvalue weighted by molar-refractivity contribution is 6.02. The number of ether oxygens (including phenoxy) is 2. The molecule has 1 N–H and O–H groups in total. The molecule has 2 aromatic rings. The molecule has 0 aliphatic carbocycles. The van der Waals surface area contributed by atoms with E-state index in [1.165, 1.54) is 0 Å². The average molecular weight is 358 g/mol. The number of aromatic carboxylic acids is 1. The number of nitrogens with zero attached hydrogens (tertiary/aromatic N) is 4. The summed E-state index contributed by atoms with van der Waals surface area (Å²) < 4.78 is 13.3. The van der Waals surface area contributed by atoms with Gasteiger partial charge < -0.3 is 19.5 Å². The second kappa shape index (κ2) is 6.21. The quantitative estimate of drug-likeness (QED) is 0.899. The molecule has 0 radical (unpaired) electrons. The number of anilines is 1. The van der Waals surface area contributed by atoms with Crippen LogP contribution in [-0.4, -0.2) is 57.7 Å². The molecule has 8 nitrogen and oxygen atoms in total. The molecule has 3 fully saturated rings. The fourth-order valence-corrected chi connectivity index (χ4v) is 4.44. The summed E-state index contributed by atoms with van der Waals surface area (Å²) in [6, 6.07) is 2.22. The number of fused-ring (bicyclic) bond motifs is 3. The van der Waals surface area contributed by atoms with Crippen molar-refractivity contribution in [3.8, 4) is 0 Å². The number of aromatic nitrogens is 3. The largest absolute Gasteiger partial charge is 0.478 e. The van der Waals surface area contributed by atoms with Crippen LogP contribution in [0.3, 0.4) is 0 Å².